The Labute approximate surface area is 195 Å². The third kappa shape index (κ3) is 4.92. The van der Waals surface area contributed by atoms with Crippen molar-refractivity contribution in [2.75, 3.05) is 29.0 Å². The Balaban J connectivity index is 1.54. The van der Waals surface area contributed by atoms with Gasteiger partial charge in [-0.3, -0.25) is 9.10 Å². The maximum absolute atomic E-state index is 13.1. The van der Waals surface area contributed by atoms with Crippen LogP contribution in [0.3, 0.4) is 0 Å². The average molecular weight is 492 g/mol. The molecule has 1 atom stereocenters. The lowest BCUT2D eigenvalue weighted by molar-refractivity contribution is 0.102. The fourth-order valence-electron chi connectivity index (χ4n) is 4.62. The van der Waals surface area contributed by atoms with Crippen LogP contribution in [-0.4, -0.2) is 52.4 Å². The van der Waals surface area contributed by atoms with Crippen LogP contribution in [0.15, 0.2) is 47.4 Å². The molecule has 4 rings (SSSR count). The first-order valence-electron chi connectivity index (χ1n) is 11.1. The lowest BCUT2D eigenvalue weighted by Crippen LogP contribution is -2.34. The minimum absolute atomic E-state index is 0.161. The van der Waals surface area contributed by atoms with Crippen molar-refractivity contribution in [1.29, 1.82) is 0 Å². The van der Waals surface area contributed by atoms with Gasteiger partial charge in [-0.25, -0.2) is 16.8 Å². The normalized spacial score (nSPS) is 19.7. The molecule has 0 bridgehead atoms. The van der Waals surface area contributed by atoms with E-state index in [-0.39, 0.29) is 16.8 Å². The average Bonchev–Trinajstić information content (AvgIpc) is 2.90. The van der Waals surface area contributed by atoms with Crippen molar-refractivity contribution in [2.24, 2.45) is 0 Å². The number of nitrogens with zero attached hydrogens (tertiary/aromatic N) is 2. The largest absolute Gasteiger partial charge is 0.322 e. The van der Waals surface area contributed by atoms with Crippen molar-refractivity contribution in [2.45, 2.75) is 50.0 Å². The summed E-state index contributed by atoms with van der Waals surface area (Å²) in [5.74, 6) is -0.382. The molecule has 0 spiro atoms. The lowest BCUT2D eigenvalue weighted by Gasteiger charge is -2.22. The van der Waals surface area contributed by atoms with Gasteiger partial charge in [0.25, 0.3) is 5.91 Å². The second-order valence-corrected chi connectivity index (χ2v) is 12.6. The molecular formula is C23H29N3O5S2. The summed E-state index contributed by atoms with van der Waals surface area (Å²) < 4.78 is 53.3. The zero-order chi connectivity index (χ0) is 23.8. The summed E-state index contributed by atoms with van der Waals surface area (Å²) >= 11 is 0. The van der Waals surface area contributed by atoms with E-state index >= 15 is 0 Å². The van der Waals surface area contributed by atoms with Gasteiger partial charge in [0.2, 0.25) is 20.0 Å². The van der Waals surface area contributed by atoms with E-state index in [0.29, 0.717) is 36.4 Å². The monoisotopic (exact) mass is 491 g/mol. The molecule has 1 saturated heterocycles. The number of carbonyl (C=O) groups excluding carboxylic acids is 1. The maximum atomic E-state index is 13.1. The summed E-state index contributed by atoms with van der Waals surface area (Å²) in [6.07, 6.45) is 5.46. The van der Waals surface area contributed by atoms with Gasteiger partial charge in [0, 0.05) is 30.4 Å². The Morgan fingerprint density at radius 2 is 1.67 bits per heavy atom. The molecule has 0 saturated carbocycles. The van der Waals surface area contributed by atoms with Crippen molar-refractivity contribution in [3.63, 3.8) is 0 Å². The number of sulfonamides is 2. The highest BCUT2D eigenvalue weighted by atomic mass is 32.2. The first-order valence-corrected chi connectivity index (χ1v) is 14.4. The minimum Gasteiger partial charge on any atom is -0.322 e. The Kier molecular flexibility index (Phi) is 6.52. The number of hydrogen-bond acceptors (Lipinski definition) is 5. The fourth-order valence-corrected chi connectivity index (χ4v) is 7.45. The highest BCUT2D eigenvalue weighted by Crippen LogP contribution is 2.35. The van der Waals surface area contributed by atoms with Crippen LogP contribution in [0.25, 0.3) is 0 Å². The van der Waals surface area contributed by atoms with Crippen LogP contribution in [0.5, 0.6) is 0 Å². The summed E-state index contributed by atoms with van der Waals surface area (Å²) in [5, 5.41) is 2.78. The molecule has 2 aromatic carbocycles. The summed E-state index contributed by atoms with van der Waals surface area (Å²) in [6.45, 7) is 2.85. The quantitative estimate of drug-likeness (QED) is 0.692. The lowest BCUT2D eigenvalue weighted by atomic mass is 10.1. The molecule has 2 heterocycles. The highest BCUT2D eigenvalue weighted by molar-refractivity contribution is 7.92. The van der Waals surface area contributed by atoms with Gasteiger partial charge in [-0.15, -0.1) is 0 Å². The second-order valence-electron chi connectivity index (χ2n) is 8.76. The van der Waals surface area contributed by atoms with E-state index in [1.807, 2.05) is 6.92 Å². The number of hydrogen-bond donors (Lipinski definition) is 1. The summed E-state index contributed by atoms with van der Waals surface area (Å²) in [7, 11) is -7.03. The first-order chi connectivity index (χ1) is 15.6. The highest BCUT2D eigenvalue weighted by Gasteiger charge is 2.33. The molecule has 1 amide bonds. The summed E-state index contributed by atoms with van der Waals surface area (Å²) in [5.41, 5.74) is 2.16. The third-order valence-corrected chi connectivity index (χ3v) is 9.31. The molecule has 1 unspecified atom stereocenters. The van der Waals surface area contributed by atoms with Gasteiger partial charge < -0.3 is 5.32 Å². The molecule has 0 aromatic heterocycles. The van der Waals surface area contributed by atoms with Crippen LogP contribution < -0.4 is 9.62 Å². The van der Waals surface area contributed by atoms with Crippen LogP contribution in [0.2, 0.25) is 0 Å². The van der Waals surface area contributed by atoms with Gasteiger partial charge in [0.1, 0.15) is 0 Å². The second kappa shape index (κ2) is 9.08. The molecule has 1 fully saturated rings. The van der Waals surface area contributed by atoms with Crippen LogP contribution in [0.4, 0.5) is 11.4 Å². The fraction of sp³-hybridized carbons (Fsp3) is 0.435. The molecule has 2 aromatic rings. The number of benzene rings is 2. The van der Waals surface area contributed by atoms with E-state index in [1.54, 1.807) is 36.4 Å². The molecule has 2 aliphatic rings. The van der Waals surface area contributed by atoms with Gasteiger partial charge in [0.15, 0.2) is 0 Å². The maximum Gasteiger partial charge on any atom is 0.255 e. The van der Waals surface area contributed by atoms with Crippen LogP contribution in [0.1, 0.15) is 48.5 Å². The molecule has 178 valence electrons. The van der Waals surface area contributed by atoms with E-state index in [9.17, 15) is 21.6 Å². The van der Waals surface area contributed by atoms with Gasteiger partial charge >= 0.3 is 0 Å². The van der Waals surface area contributed by atoms with Crippen molar-refractivity contribution in [3.8, 4) is 0 Å². The van der Waals surface area contributed by atoms with Crippen molar-refractivity contribution in [3.05, 3.63) is 53.6 Å². The van der Waals surface area contributed by atoms with Gasteiger partial charge in [-0.05, 0) is 68.1 Å². The zero-order valence-electron chi connectivity index (χ0n) is 18.8. The van der Waals surface area contributed by atoms with Crippen LogP contribution >= 0.6 is 0 Å². The number of nitrogens with one attached hydrogen (secondary N) is 1. The van der Waals surface area contributed by atoms with Crippen LogP contribution in [0, 0.1) is 0 Å². The summed E-state index contributed by atoms with van der Waals surface area (Å²) in [6, 6.07) is 11.0. The summed E-state index contributed by atoms with van der Waals surface area (Å²) in [4.78, 5) is 13.0. The predicted octanol–water partition coefficient (Wildman–Crippen LogP) is 3.21. The Morgan fingerprint density at radius 3 is 2.33 bits per heavy atom. The number of fused-ring (bicyclic) bond motifs is 1. The van der Waals surface area contributed by atoms with Gasteiger partial charge in [0.05, 0.1) is 16.8 Å². The van der Waals surface area contributed by atoms with Gasteiger partial charge in [-0.2, -0.15) is 4.31 Å². The molecule has 1 N–H and O–H groups in total. The van der Waals surface area contributed by atoms with E-state index in [0.717, 1.165) is 31.2 Å². The Morgan fingerprint density at radius 1 is 0.970 bits per heavy atom. The van der Waals surface area contributed by atoms with Gasteiger partial charge in [-0.1, -0.05) is 18.9 Å². The topological polar surface area (TPSA) is 104 Å². The van der Waals surface area contributed by atoms with Crippen LogP contribution in [-0.2, 0) is 26.5 Å². The van der Waals surface area contributed by atoms with Crippen molar-refractivity contribution >= 4 is 37.3 Å². The van der Waals surface area contributed by atoms with Crippen molar-refractivity contribution < 1.29 is 21.6 Å². The number of carbonyl (C=O) groups is 1. The smallest absolute Gasteiger partial charge is 0.255 e. The predicted molar refractivity (Wildman–Crippen MR) is 129 cm³/mol. The van der Waals surface area contributed by atoms with E-state index in [1.165, 1.54) is 20.9 Å². The molecule has 0 aliphatic carbocycles. The standard InChI is InChI=1S/C23H29N3O5S2/c1-17-14-19-15-18(10-11-22(19)26(17)32(2,28)29)23(27)24-20-8-7-9-21(16-20)33(30,31)25-12-5-3-4-6-13-25/h7-11,15-17H,3-6,12-14H2,1-2H3,(H,24,27). The number of anilines is 2. The molecule has 10 heteroatoms. The first kappa shape index (κ1) is 23.7. The molecule has 33 heavy (non-hydrogen) atoms. The zero-order valence-corrected chi connectivity index (χ0v) is 20.5. The number of rotatable bonds is 5. The third-order valence-electron chi connectivity index (χ3n) is 6.15. The SMILES string of the molecule is CC1Cc2cc(C(=O)Nc3cccc(S(=O)(=O)N4CCCCCC4)c3)ccc2N1S(C)(=O)=O. The number of amides is 1. The van der Waals surface area contributed by atoms with Crippen molar-refractivity contribution in [1.82, 2.24) is 4.31 Å². The van der Waals surface area contributed by atoms with E-state index in [2.05, 4.69) is 5.32 Å². The minimum atomic E-state index is -3.62. The van der Waals surface area contributed by atoms with E-state index < -0.39 is 20.0 Å². The molecular weight excluding hydrogens is 462 g/mol. The molecule has 2 aliphatic heterocycles. The Hall–Kier alpha value is -2.43. The molecule has 8 nitrogen and oxygen atoms in total. The Bertz CT molecular complexity index is 1270. The molecule has 0 radical (unpaired) electrons. The van der Waals surface area contributed by atoms with E-state index in [4.69, 9.17) is 0 Å².